The number of ether oxygens (including phenoxy) is 4. The number of hydrogen-bond acceptors (Lipinski definition) is 8. The van der Waals surface area contributed by atoms with Gasteiger partial charge in [-0.1, -0.05) is 6.92 Å². The van der Waals surface area contributed by atoms with Gasteiger partial charge in [0.25, 0.3) is 0 Å². The molecule has 1 unspecified atom stereocenters. The summed E-state index contributed by atoms with van der Waals surface area (Å²) in [5, 5.41) is 0. The fraction of sp³-hybridized carbons (Fsp3) is 0.350. The van der Waals surface area contributed by atoms with E-state index in [1.54, 1.807) is 6.07 Å². The summed E-state index contributed by atoms with van der Waals surface area (Å²) in [6, 6.07) is 3.11. The predicted molar refractivity (Wildman–Crippen MR) is 97.1 cm³/mol. The maximum absolute atomic E-state index is 13.0. The largest absolute Gasteiger partial charge is 0.497 e. The molecule has 1 aliphatic rings. The topological polar surface area (TPSA) is 101 Å². The number of hydrogen-bond donors (Lipinski definition) is 0. The molecule has 3 rings (SSSR count). The molecular formula is C20H20O8. The van der Waals surface area contributed by atoms with Crippen LogP contribution in [0.3, 0.4) is 0 Å². The Morgan fingerprint density at radius 3 is 2.54 bits per heavy atom. The number of esters is 2. The van der Waals surface area contributed by atoms with E-state index in [9.17, 15) is 14.4 Å². The van der Waals surface area contributed by atoms with Gasteiger partial charge < -0.3 is 23.4 Å². The van der Waals surface area contributed by atoms with Crippen LogP contribution in [0.1, 0.15) is 53.6 Å². The highest BCUT2D eigenvalue weighted by atomic mass is 16.6. The molecule has 0 saturated carbocycles. The Hall–Kier alpha value is -3.29. The summed E-state index contributed by atoms with van der Waals surface area (Å²) < 4.78 is 26.6. The summed E-state index contributed by atoms with van der Waals surface area (Å²) in [5.74, 6) is -0.451. The number of benzene rings is 1. The average molecular weight is 388 g/mol. The molecule has 2 heterocycles. The van der Waals surface area contributed by atoms with Crippen LogP contribution in [0.4, 0.5) is 0 Å². The van der Waals surface area contributed by atoms with Crippen molar-refractivity contribution in [2.45, 2.75) is 32.8 Å². The quantitative estimate of drug-likeness (QED) is 0.696. The van der Waals surface area contributed by atoms with E-state index in [-0.39, 0.29) is 22.6 Å². The molecule has 1 atom stereocenters. The normalized spacial score (nSPS) is 15.0. The molecule has 0 aliphatic carbocycles. The van der Waals surface area contributed by atoms with E-state index in [2.05, 4.69) is 0 Å². The molecule has 2 aromatic rings. The second-order valence-electron chi connectivity index (χ2n) is 6.19. The van der Waals surface area contributed by atoms with E-state index in [0.29, 0.717) is 29.9 Å². The molecule has 0 N–H and O–H groups in total. The number of carbonyl (C=O) groups is 2. The molecular weight excluding hydrogens is 368 g/mol. The summed E-state index contributed by atoms with van der Waals surface area (Å²) in [5.41, 5.74) is 0.0741. The third kappa shape index (κ3) is 3.33. The minimum absolute atomic E-state index is 0.0340. The molecule has 28 heavy (non-hydrogen) atoms. The number of carbonyl (C=O) groups excluding carboxylic acids is 2. The van der Waals surface area contributed by atoms with Gasteiger partial charge in [0.05, 0.1) is 30.9 Å². The molecule has 0 amide bonds. The smallest absolute Gasteiger partial charge is 0.339 e. The average Bonchev–Trinajstić information content (AvgIpc) is 3.00. The Balaban J connectivity index is 2.18. The zero-order valence-corrected chi connectivity index (χ0v) is 16.0. The zero-order valence-electron chi connectivity index (χ0n) is 16.0. The van der Waals surface area contributed by atoms with Gasteiger partial charge in [-0.3, -0.25) is 9.59 Å². The maximum atomic E-state index is 13.0. The van der Waals surface area contributed by atoms with Crippen LogP contribution in [0.5, 0.6) is 17.2 Å². The van der Waals surface area contributed by atoms with Gasteiger partial charge in [0.2, 0.25) is 11.2 Å². The van der Waals surface area contributed by atoms with E-state index in [1.807, 2.05) is 6.92 Å². The molecule has 0 spiro atoms. The van der Waals surface area contributed by atoms with E-state index < -0.39 is 23.5 Å². The Bertz CT molecular complexity index is 988. The molecule has 8 heteroatoms. The van der Waals surface area contributed by atoms with Crippen LogP contribution in [-0.4, -0.2) is 26.2 Å². The number of methoxy groups -OCH3 is 2. The Morgan fingerprint density at radius 2 is 1.93 bits per heavy atom. The van der Waals surface area contributed by atoms with Gasteiger partial charge in [-0.05, 0) is 12.5 Å². The fourth-order valence-corrected chi connectivity index (χ4v) is 3.10. The van der Waals surface area contributed by atoms with Crippen LogP contribution in [-0.2, 0) is 16.0 Å². The molecule has 0 radical (unpaired) electrons. The summed E-state index contributed by atoms with van der Waals surface area (Å²) in [6.45, 7) is 3.10. The summed E-state index contributed by atoms with van der Waals surface area (Å²) in [4.78, 5) is 36.9. The second kappa shape index (κ2) is 7.75. The Labute approximate surface area is 161 Å². The highest BCUT2D eigenvalue weighted by Gasteiger charge is 2.39. The fourth-order valence-electron chi connectivity index (χ4n) is 3.10. The second-order valence-corrected chi connectivity index (χ2v) is 6.19. The molecule has 1 aromatic carbocycles. The third-order valence-electron chi connectivity index (χ3n) is 4.33. The summed E-state index contributed by atoms with van der Waals surface area (Å²) in [7, 11) is 2.90. The lowest BCUT2D eigenvalue weighted by atomic mass is 9.98. The molecule has 8 nitrogen and oxygen atoms in total. The Morgan fingerprint density at radius 1 is 1.18 bits per heavy atom. The SMILES string of the molecule is CCCc1occ(C2OC(=O)c3cc(OC)cc(OC)c32)c(=O)c1OC(C)=O. The van der Waals surface area contributed by atoms with Gasteiger partial charge in [0.15, 0.2) is 6.10 Å². The van der Waals surface area contributed by atoms with Crippen molar-refractivity contribution in [1.82, 2.24) is 0 Å². The van der Waals surface area contributed by atoms with Crippen molar-refractivity contribution in [2.24, 2.45) is 0 Å². The van der Waals surface area contributed by atoms with E-state index in [1.165, 1.54) is 33.5 Å². The van der Waals surface area contributed by atoms with Crippen LogP contribution in [0.25, 0.3) is 0 Å². The predicted octanol–water partition coefficient (Wildman–Crippen LogP) is 2.79. The lowest BCUT2D eigenvalue weighted by Crippen LogP contribution is -2.20. The number of fused-ring (bicyclic) bond motifs is 1. The standard InChI is InChI=1S/C20H20O8/c1-5-6-14-19(27-10(2)21)17(22)13(9-26-14)18-16-12(20(23)28-18)7-11(24-3)8-15(16)25-4/h7-9,18H,5-6H2,1-4H3. The van der Waals surface area contributed by atoms with Gasteiger partial charge in [-0.25, -0.2) is 4.79 Å². The van der Waals surface area contributed by atoms with Crippen molar-refractivity contribution in [2.75, 3.05) is 14.2 Å². The highest BCUT2D eigenvalue weighted by molar-refractivity contribution is 5.96. The van der Waals surface area contributed by atoms with E-state index in [0.717, 1.165) is 0 Å². The monoisotopic (exact) mass is 388 g/mol. The van der Waals surface area contributed by atoms with Crippen molar-refractivity contribution in [3.63, 3.8) is 0 Å². The van der Waals surface area contributed by atoms with Crippen molar-refractivity contribution < 1.29 is 33.0 Å². The van der Waals surface area contributed by atoms with Crippen LogP contribution < -0.4 is 19.6 Å². The number of cyclic esters (lactones) is 1. The van der Waals surface area contributed by atoms with Gasteiger partial charge in [-0.2, -0.15) is 0 Å². The van der Waals surface area contributed by atoms with Gasteiger partial charge >= 0.3 is 11.9 Å². The number of aryl methyl sites for hydroxylation is 1. The van der Waals surface area contributed by atoms with E-state index >= 15 is 0 Å². The highest BCUT2D eigenvalue weighted by Crippen LogP contribution is 2.43. The van der Waals surface area contributed by atoms with Crippen molar-refractivity contribution >= 4 is 11.9 Å². The summed E-state index contributed by atoms with van der Waals surface area (Å²) >= 11 is 0. The molecule has 0 bridgehead atoms. The molecule has 1 aliphatic heterocycles. The van der Waals surface area contributed by atoms with Crippen molar-refractivity contribution in [3.8, 4) is 17.2 Å². The minimum atomic E-state index is -1.05. The minimum Gasteiger partial charge on any atom is -0.497 e. The van der Waals surface area contributed by atoms with Gasteiger partial charge in [0, 0.05) is 19.4 Å². The third-order valence-corrected chi connectivity index (χ3v) is 4.33. The first kappa shape index (κ1) is 19.5. The van der Waals surface area contributed by atoms with Crippen LogP contribution in [0.2, 0.25) is 0 Å². The lowest BCUT2D eigenvalue weighted by molar-refractivity contribution is -0.132. The van der Waals surface area contributed by atoms with Crippen LogP contribution in [0.15, 0.2) is 27.6 Å². The van der Waals surface area contributed by atoms with Crippen LogP contribution in [0, 0.1) is 0 Å². The summed E-state index contributed by atoms with van der Waals surface area (Å²) in [6.07, 6.45) is 1.28. The van der Waals surface area contributed by atoms with E-state index in [4.69, 9.17) is 23.4 Å². The first-order valence-corrected chi connectivity index (χ1v) is 8.71. The zero-order chi connectivity index (χ0) is 20.4. The molecule has 148 valence electrons. The number of rotatable bonds is 6. The first-order valence-electron chi connectivity index (χ1n) is 8.71. The van der Waals surface area contributed by atoms with Crippen molar-refractivity contribution in [1.29, 1.82) is 0 Å². The van der Waals surface area contributed by atoms with Crippen LogP contribution >= 0.6 is 0 Å². The molecule has 0 saturated heterocycles. The first-order chi connectivity index (χ1) is 13.4. The Kier molecular flexibility index (Phi) is 5.39. The van der Waals surface area contributed by atoms with Gasteiger partial charge in [-0.15, -0.1) is 0 Å². The molecule has 1 aromatic heterocycles. The molecule has 0 fully saturated rings. The lowest BCUT2D eigenvalue weighted by Gasteiger charge is -2.15. The van der Waals surface area contributed by atoms with Crippen molar-refractivity contribution in [3.05, 3.63) is 51.1 Å². The van der Waals surface area contributed by atoms with Gasteiger partial charge in [0.1, 0.15) is 23.5 Å². The maximum Gasteiger partial charge on any atom is 0.339 e.